The average molecular weight is 225 g/mol. The number of non-ortho nitro benzene ring substituents is 2. The van der Waals surface area contributed by atoms with E-state index in [1.807, 2.05) is 0 Å². The number of rotatable bonds is 4. The first-order valence-corrected chi connectivity index (χ1v) is 4.47. The zero-order valence-electron chi connectivity index (χ0n) is 8.91. The van der Waals surface area contributed by atoms with E-state index in [0.29, 0.717) is 12.1 Å². The molecule has 0 radical (unpaired) electrons. The fourth-order valence-corrected chi connectivity index (χ4v) is 1.32. The number of nitro benzene ring substituents is 2. The molecule has 0 N–H and O–H groups in total. The van der Waals surface area contributed by atoms with Gasteiger partial charge in [-0.25, -0.2) is 0 Å². The van der Waals surface area contributed by atoms with Gasteiger partial charge in [0.1, 0.15) is 0 Å². The Labute approximate surface area is 91.6 Å². The summed E-state index contributed by atoms with van der Waals surface area (Å²) >= 11 is 0. The predicted octanol–water partition coefficient (Wildman–Crippen LogP) is 1.56. The Morgan fingerprint density at radius 1 is 1.06 bits per heavy atom. The topological polar surface area (TPSA) is 89.5 Å². The van der Waals surface area contributed by atoms with E-state index in [1.54, 1.807) is 19.0 Å². The van der Waals surface area contributed by atoms with Gasteiger partial charge >= 0.3 is 0 Å². The summed E-state index contributed by atoms with van der Waals surface area (Å²) in [5, 5.41) is 21.2. The summed E-state index contributed by atoms with van der Waals surface area (Å²) in [4.78, 5) is 21.7. The molecule has 0 spiro atoms. The molecule has 0 unspecified atom stereocenters. The molecule has 7 heteroatoms. The fraction of sp³-hybridized carbons (Fsp3) is 0.333. The lowest BCUT2D eigenvalue weighted by Crippen LogP contribution is -2.11. The largest absolute Gasteiger partial charge is 0.305 e. The third kappa shape index (κ3) is 2.99. The van der Waals surface area contributed by atoms with Crippen LogP contribution in [0.2, 0.25) is 0 Å². The van der Waals surface area contributed by atoms with Crippen molar-refractivity contribution in [1.29, 1.82) is 0 Å². The van der Waals surface area contributed by atoms with Gasteiger partial charge in [-0.05, 0) is 19.7 Å². The summed E-state index contributed by atoms with van der Waals surface area (Å²) in [6.45, 7) is 0.419. The van der Waals surface area contributed by atoms with Crippen LogP contribution in [0.4, 0.5) is 11.4 Å². The smallest absolute Gasteiger partial charge is 0.276 e. The molecule has 0 saturated carbocycles. The van der Waals surface area contributed by atoms with Crippen molar-refractivity contribution < 1.29 is 9.85 Å². The van der Waals surface area contributed by atoms with Gasteiger partial charge in [-0.2, -0.15) is 0 Å². The molecule has 0 aliphatic carbocycles. The van der Waals surface area contributed by atoms with Crippen LogP contribution in [0.5, 0.6) is 0 Å². The first-order valence-electron chi connectivity index (χ1n) is 4.47. The molecule has 86 valence electrons. The minimum atomic E-state index is -0.633. The molecule has 0 bridgehead atoms. The van der Waals surface area contributed by atoms with Crippen LogP contribution in [-0.2, 0) is 6.54 Å². The Balaban J connectivity index is 3.18. The SMILES string of the molecule is CN(C)Cc1cc([N+](=O)[O-])cc([N+](=O)[O-])c1. The van der Waals surface area contributed by atoms with Crippen LogP contribution in [-0.4, -0.2) is 28.8 Å². The Morgan fingerprint density at radius 2 is 1.50 bits per heavy atom. The van der Waals surface area contributed by atoms with Gasteiger partial charge < -0.3 is 4.90 Å². The second kappa shape index (κ2) is 4.67. The highest BCUT2D eigenvalue weighted by atomic mass is 16.6. The molecule has 0 amide bonds. The average Bonchev–Trinajstić information content (AvgIpc) is 2.15. The lowest BCUT2D eigenvalue weighted by molar-refractivity contribution is -0.394. The number of hydrogen-bond acceptors (Lipinski definition) is 5. The lowest BCUT2D eigenvalue weighted by atomic mass is 10.1. The fourth-order valence-electron chi connectivity index (χ4n) is 1.32. The Morgan fingerprint density at radius 3 is 1.81 bits per heavy atom. The molecule has 0 saturated heterocycles. The van der Waals surface area contributed by atoms with Gasteiger partial charge in [-0.1, -0.05) is 0 Å². The third-order valence-corrected chi connectivity index (χ3v) is 1.88. The van der Waals surface area contributed by atoms with Gasteiger partial charge in [0.25, 0.3) is 11.4 Å². The van der Waals surface area contributed by atoms with E-state index in [9.17, 15) is 20.2 Å². The van der Waals surface area contributed by atoms with Crippen LogP contribution >= 0.6 is 0 Å². The summed E-state index contributed by atoms with van der Waals surface area (Å²) in [7, 11) is 3.56. The highest BCUT2D eigenvalue weighted by molar-refractivity contribution is 5.46. The number of hydrogen-bond donors (Lipinski definition) is 0. The van der Waals surface area contributed by atoms with Gasteiger partial charge in [0.15, 0.2) is 0 Å². The summed E-state index contributed by atoms with van der Waals surface area (Å²) < 4.78 is 0. The van der Waals surface area contributed by atoms with E-state index in [0.717, 1.165) is 6.07 Å². The summed E-state index contributed by atoms with van der Waals surface area (Å²) in [5.74, 6) is 0. The minimum absolute atomic E-state index is 0.258. The molecule has 0 aromatic heterocycles. The predicted molar refractivity (Wildman–Crippen MR) is 57.1 cm³/mol. The van der Waals surface area contributed by atoms with Crippen molar-refractivity contribution in [2.24, 2.45) is 0 Å². The quantitative estimate of drug-likeness (QED) is 0.573. The number of nitrogens with zero attached hydrogens (tertiary/aromatic N) is 3. The Kier molecular flexibility index (Phi) is 3.51. The molecule has 16 heavy (non-hydrogen) atoms. The van der Waals surface area contributed by atoms with E-state index in [2.05, 4.69) is 0 Å². The van der Waals surface area contributed by atoms with Crippen molar-refractivity contribution in [2.45, 2.75) is 6.54 Å². The lowest BCUT2D eigenvalue weighted by Gasteiger charge is -2.08. The monoisotopic (exact) mass is 225 g/mol. The van der Waals surface area contributed by atoms with Gasteiger partial charge in [-0.3, -0.25) is 20.2 Å². The molecule has 1 rings (SSSR count). The molecule has 7 nitrogen and oxygen atoms in total. The van der Waals surface area contributed by atoms with Crippen molar-refractivity contribution >= 4 is 11.4 Å². The van der Waals surface area contributed by atoms with Gasteiger partial charge in [0.05, 0.1) is 15.9 Å². The summed E-state index contributed by atoms with van der Waals surface area (Å²) in [5.41, 5.74) is 0.0306. The molecule has 0 aliphatic rings. The normalized spacial score (nSPS) is 10.4. The van der Waals surface area contributed by atoms with E-state index < -0.39 is 9.85 Å². The van der Waals surface area contributed by atoms with Crippen molar-refractivity contribution in [3.8, 4) is 0 Å². The Bertz CT molecular complexity index is 399. The second-order valence-corrected chi connectivity index (χ2v) is 3.61. The maximum atomic E-state index is 10.6. The molecular formula is C9H11N3O4. The van der Waals surface area contributed by atoms with Crippen molar-refractivity contribution in [3.05, 3.63) is 44.0 Å². The minimum Gasteiger partial charge on any atom is -0.305 e. The second-order valence-electron chi connectivity index (χ2n) is 3.61. The van der Waals surface area contributed by atoms with Gasteiger partial charge in [-0.15, -0.1) is 0 Å². The van der Waals surface area contributed by atoms with E-state index in [4.69, 9.17) is 0 Å². The van der Waals surface area contributed by atoms with Gasteiger partial charge in [0, 0.05) is 18.7 Å². The van der Waals surface area contributed by atoms with Crippen LogP contribution in [0.1, 0.15) is 5.56 Å². The highest BCUT2D eigenvalue weighted by Crippen LogP contribution is 2.23. The molecule has 0 atom stereocenters. The standard InChI is InChI=1S/C9H11N3O4/c1-10(2)6-7-3-8(11(13)14)5-9(4-7)12(15)16/h3-5H,6H2,1-2H3. The molecule has 0 heterocycles. The van der Waals surface area contributed by atoms with Crippen LogP contribution in [0.3, 0.4) is 0 Å². The molecule has 1 aromatic rings. The zero-order chi connectivity index (χ0) is 12.3. The van der Waals surface area contributed by atoms with Crippen LogP contribution in [0.25, 0.3) is 0 Å². The van der Waals surface area contributed by atoms with Crippen LogP contribution in [0.15, 0.2) is 18.2 Å². The highest BCUT2D eigenvalue weighted by Gasteiger charge is 2.16. The van der Waals surface area contributed by atoms with E-state index >= 15 is 0 Å². The van der Waals surface area contributed by atoms with Gasteiger partial charge in [0.2, 0.25) is 0 Å². The summed E-state index contributed by atoms with van der Waals surface area (Å²) in [6, 6.07) is 3.64. The molecule has 0 fully saturated rings. The first-order chi connectivity index (χ1) is 7.40. The number of benzene rings is 1. The third-order valence-electron chi connectivity index (χ3n) is 1.88. The van der Waals surface area contributed by atoms with Crippen LogP contribution < -0.4 is 0 Å². The first kappa shape index (κ1) is 12.1. The van der Waals surface area contributed by atoms with Crippen molar-refractivity contribution in [3.63, 3.8) is 0 Å². The summed E-state index contributed by atoms with van der Waals surface area (Å²) in [6.07, 6.45) is 0. The van der Waals surface area contributed by atoms with Crippen molar-refractivity contribution in [2.75, 3.05) is 14.1 Å². The van der Waals surface area contributed by atoms with Crippen LogP contribution in [0, 0.1) is 20.2 Å². The van der Waals surface area contributed by atoms with E-state index in [1.165, 1.54) is 12.1 Å². The molecular weight excluding hydrogens is 214 g/mol. The molecule has 0 aliphatic heterocycles. The molecule has 1 aromatic carbocycles. The van der Waals surface area contributed by atoms with E-state index in [-0.39, 0.29) is 11.4 Å². The maximum absolute atomic E-state index is 10.6. The Hall–Kier alpha value is -2.02. The van der Waals surface area contributed by atoms with Crippen molar-refractivity contribution in [1.82, 2.24) is 4.90 Å². The zero-order valence-corrected chi connectivity index (χ0v) is 8.91. The maximum Gasteiger partial charge on any atom is 0.276 e. The number of nitro groups is 2.